The van der Waals surface area contributed by atoms with Gasteiger partial charge in [0, 0.05) is 6.04 Å². The molecule has 100 valence electrons. The van der Waals surface area contributed by atoms with Gasteiger partial charge in [-0.25, -0.2) is 8.42 Å². The maximum atomic E-state index is 11.9. The molecule has 6 nitrogen and oxygen atoms in total. The van der Waals surface area contributed by atoms with Crippen molar-refractivity contribution in [1.82, 2.24) is 4.31 Å². The third-order valence-corrected chi connectivity index (χ3v) is 3.85. The first-order chi connectivity index (χ1) is 7.70. The van der Waals surface area contributed by atoms with Crippen molar-refractivity contribution in [3.05, 3.63) is 0 Å². The lowest BCUT2D eigenvalue weighted by Crippen LogP contribution is -2.44. The maximum absolute atomic E-state index is 11.9. The Bertz CT molecular complexity index is 378. The van der Waals surface area contributed by atoms with E-state index in [2.05, 4.69) is 17.0 Å². The molecule has 0 aliphatic rings. The highest BCUT2D eigenvalue weighted by Crippen LogP contribution is 2.08. The molecule has 0 atom stereocenters. The van der Waals surface area contributed by atoms with Gasteiger partial charge in [-0.05, 0) is 20.8 Å². The number of hydrogen-bond acceptors (Lipinski definition) is 5. The molecule has 0 unspecified atom stereocenters. The number of nitrogens with zero attached hydrogens (tertiary/aromatic N) is 1. The molecule has 0 fully saturated rings. The monoisotopic (exact) mass is 282 g/mol. The molecule has 0 bridgehead atoms. The van der Waals surface area contributed by atoms with Gasteiger partial charge in [-0.2, -0.15) is 4.31 Å². The van der Waals surface area contributed by atoms with E-state index in [1.165, 1.54) is 0 Å². The zero-order valence-electron chi connectivity index (χ0n) is 10.2. The first-order valence-corrected chi connectivity index (χ1v) is 7.16. The summed E-state index contributed by atoms with van der Waals surface area (Å²) in [6.07, 6.45) is 0. The summed E-state index contributed by atoms with van der Waals surface area (Å²) in [7, 11) is -3.75. The number of esters is 1. The van der Waals surface area contributed by atoms with Crippen molar-refractivity contribution in [2.45, 2.75) is 26.8 Å². The van der Waals surface area contributed by atoms with Gasteiger partial charge in [0.05, 0.1) is 18.1 Å². The van der Waals surface area contributed by atoms with Crippen LogP contribution in [0.25, 0.3) is 0 Å². The van der Waals surface area contributed by atoms with E-state index in [0.717, 1.165) is 4.31 Å². The Labute approximate surface area is 107 Å². The summed E-state index contributed by atoms with van der Waals surface area (Å²) in [5.41, 5.74) is 5.33. The number of sulfonamides is 1. The summed E-state index contributed by atoms with van der Waals surface area (Å²) in [4.78, 5) is 11.2. The number of hydrogen-bond donors (Lipinski definition) is 1. The van der Waals surface area contributed by atoms with Crippen LogP contribution in [0.1, 0.15) is 20.8 Å². The van der Waals surface area contributed by atoms with Crippen molar-refractivity contribution < 1.29 is 17.9 Å². The predicted molar refractivity (Wildman–Crippen MR) is 69.0 cm³/mol. The molecule has 17 heavy (non-hydrogen) atoms. The van der Waals surface area contributed by atoms with Gasteiger partial charge in [0.1, 0.15) is 0 Å². The lowest BCUT2D eigenvalue weighted by molar-refractivity contribution is -0.140. The van der Waals surface area contributed by atoms with Crippen LogP contribution in [-0.4, -0.2) is 48.6 Å². The molecule has 0 aromatic rings. The third-order valence-electron chi connectivity index (χ3n) is 1.85. The number of ether oxygens (including phenoxy) is 1. The average Bonchev–Trinajstić information content (AvgIpc) is 2.12. The molecule has 0 heterocycles. The highest BCUT2D eigenvalue weighted by Gasteiger charge is 2.28. The molecule has 8 heteroatoms. The number of rotatable bonds is 7. The number of thiocarbonyl (C=S) groups is 1. The largest absolute Gasteiger partial charge is 0.465 e. The lowest BCUT2D eigenvalue weighted by atomic mass is 10.4. The fourth-order valence-electron chi connectivity index (χ4n) is 1.19. The van der Waals surface area contributed by atoms with E-state index in [1.54, 1.807) is 20.8 Å². The lowest BCUT2D eigenvalue weighted by Gasteiger charge is -2.24. The molecule has 0 aliphatic carbocycles. The smallest absolute Gasteiger partial charge is 0.322 e. The molecular weight excluding hydrogens is 264 g/mol. The molecule has 0 aromatic carbocycles. The second-order valence-corrected chi connectivity index (χ2v) is 6.11. The second kappa shape index (κ2) is 6.87. The molecule has 0 radical (unpaired) electrons. The van der Waals surface area contributed by atoms with Gasteiger partial charge < -0.3 is 10.5 Å². The molecule has 0 saturated carbocycles. The van der Waals surface area contributed by atoms with Crippen LogP contribution in [-0.2, 0) is 19.6 Å². The molecule has 2 N–H and O–H groups in total. The Morgan fingerprint density at radius 2 is 2.00 bits per heavy atom. The van der Waals surface area contributed by atoms with Gasteiger partial charge in [0.25, 0.3) is 0 Å². The predicted octanol–water partition coefficient (Wildman–Crippen LogP) is -0.124. The Hall–Kier alpha value is -0.730. The molecular formula is C9H18N2O4S2. The van der Waals surface area contributed by atoms with Crippen LogP contribution in [0.2, 0.25) is 0 Å². The van der Waals surface area contributed by atoms with E-state index in [1.807, 2.05) is 0 Å². The van der Waals surface area contributed by atoms with E-state index < -0.39 is 21.7 Å². The van der Waals surface area contributed by atoms with Gasteiger partial charge in [-0.3, -0.25) is 4.79 Å². The first-order valence-electron chi connectivity index (χ1n) is 5.14. The van der Waals surface area contributed by atoms with Gasteiger partial charge in [-0.15, -0.1) is 0 Å². The van der Waals surface area contributed by atoms with Gasteiger partial charge in [0.15, 0.2) is 5.75 Å². The highest BCUT2D eigenvalue weighted by molar-refractivity contribution is 7.89. The summed E-state index contributed by atoms with van der Waals surface area (Å²) in [6, 6.07) is -0.323. The normalized spacial score (nSPS) is 11.8. The molecule has 0 saturated heterocycles. The zero-order valence-corrected chi connectivity index (χ0v) is 11.8. The van der Waals surface area contributed by atoms with Crippen molar-refractivity contribution in [1.29, 1.82) is 0 Å². The van der Waals surface area contributed by atoms with Gasteiger partial charge in [0.2, 0.25) is 10.0 Å². The summed E-state index contributed by atoms with van der Waals surface area (Å²) < 4.78 is 29.5. The van der Waals surface area contributed by atoms with Crippen molar-refractivity contribution in [2.24, 2.45) is 5.73 Å². The minimum Gasteiger partial charge on any atom is -0.465 e. The minimum atomic E-state index is -3.75. The first kappa shape index (κ1) is 16.3. The minimum absolute atomic E-state index is 0.0612. The van der Waals surface area contributed by atoms with Gasteiger partial charge >= 0.3 is 5.97 Å². The quantitative estimate of drug-likeness (QED) is 0.517. The highest BCUT2D eigenvalue weighted by atomic mass is 32.2. The number of carbonyl (C=O) groups excluding carboxylic acids is 1. The Kier molecular flexibility index (Phi) is 6.58. The Balaban J connectivity index is 4.84. The van der Waals surface area contributed by atoms with Crippen LogP contribution in [0.3, 0.4) is 0 Å². The number of nitrogens with two attached hydrogens (primary N) is 1. The summed E-state index contributed by atoms with van der Waals surface area (Å²) >= 11 is 4.68. The van der Waals surface area contributed by atoms with Crippen LogP contribution in [0, 0.1) is 0 Å². The van der Waals surface area contributed by atoms with E-state index in [9.17, 15) is 13.2 Å². The van der Waals surface area contributed by atoms with Crippen LogP contribution >= 0.6 is 12.2 Å². The van der Waals surface area contributed by atoms with Crippen molar-refractivity contribution in [3.8, 4) is 0 Å². The van der Waals surface area contributed by atoms with E-state index >= 15 is 0 Å². The average molecular weight is 282 g/mol. The Morgan fingerprint density at radius 3 is 2.35 bits per heavy atom. The van der Waals surface area contributed by atoms with Crippen LogP contribution in [0.4, 0.5) is 0 Å². The molecule has 0 aromatic heterocycles. The summed E-state index contributed by atoms with van der Waals surface area (Å²) in [5.74, 6) is -1.47. The molecule has 0 amide bonds. The summed E-state index contributed by atoms with van der Waals surface area (Å²) in [5, 5.41) is 0. The summed E-state index contributed by atoms with van der Waals surface area (Å²) in [6.45, 7) is 5.04. The molecule has 0 spiro atoms. The van der Waals surface area contributed by atoms with E-state index in [0.29, 0.717) is 0 Å². The molecule has 0 rings (SSSR count). The van der Waals surface area contributed by atoms with E-state index in [4.69, 9.17) is 5.73 Å². The standard InChI is InChI=1S/C9H18N2O4S2/c1-4-15-9(12)6-17(13,14)11(7(2)3)5-8(10)16/h7H,4-6H2,1-3H3,(H2,10,16). The van der Waals surface area contributed by atoms with Crippen molar-refractivity contribution >= 4 is 33.2 Å². The topological polar surface area (TPSA) is 89.7 Å². The fraction of sp³-hybridized carbons (Fsp3) is 0.778. The number of carbonyl (C=O) groups is 1. The van der Waals surface area contributed by atoms with E-state index in [-0.39, 0.29) is 24.2 Å². The van der Waals surface area contributed by atoms with Crippen LogP contribution in [0.5, 0.6) is 0 Å². The van der Waals surface area contributed by atoms with Crippen LogP contribution < -0.4 is 5.73 Å². The van der Waals surface area contributed by atoms with Crippen molar-refractivity contribution in [2.75, 3.05) is 18.9 Å². The maximum Gasteiger partial charge on any atom is 0.322 e. The van der Waals surface area contributed by atoms with Crippen LogP contribution in [0.15, 0.2) is 0 Å². The fourth-order valence-corrected chi connectivity index (χ4v) is 2.94. The SMILES string of the molecule is CCOC(=O)CS(=O)(=O)N(CC(N)=S)C(C)C. The third kappa shape index (κ3) is 5.94. The Morgan fingerprint density at radius 1 is 1.47 bits per heavy atom. The zero-order chi connectivity index (χ0) is 13.6. The van der Waals surface area contributed by atoms with Gasteiger partial charge in [-0.1, -0.05) is 12.2 Å². The molecule has 0 aliphatic heterocycles. The second-order valence-electron chi connectivity index (χ2n) is 3.67. The van der Waals surface area contributed by atoms with Crippen molar-refractivity contribution in [3.63, 3.8) is 0 Å².